The van der Waals surface area contributed by atoms with Crippen LogP contribution in [0.1, 0.15) is 5.69 Å². The van der Waals surface area contributed by atoms with Gasteiger partial charge < -0.3 is 10.4 Å². The fourth-order valence-corrected chi connectivity index (χ4v) is 1.65. The molecule has 0 amide bonds. The van der Waals surface area contributed by atoms with Crippen LogP contribution in [-0.2, 0) is 11.2 Å². The lowest BCUT2D eigenvalue weighted by atomic mass is 10.1. The molecular weight excluding hydrogens is 204 g/mol. The van der Waals surface area contributed by atoms with Crippen molar-refractivity contribution in [3.05, 3.63) is 36.0 Å². The lowest BCUT2D eigenvalue weighted by molar-refractivity contribution is -0.136. The van der Waals surface area contributed by atoms with Gasteiger partial charge in [-0.2, -0.15) is 0 Å². The van der Waals surface area contributed by atoms with Crippen molar-refractivity contribution >= 4 is 22.6 Å². The Kier molecular flexibility index (Phi) is 2.72. The fraction of sp³-hybridized carbons (Fsp3) is 0.167. The SMILES string of the molecule is CNc1cc2ccccc2nc1CC(=O)O. The Balaban J connectivity index is 2.58. The van der Waals surface area contributed by atoms with Crippen LogP contribution in [0.5, 0.6) is 0 Å². The number of nitrogens with zero attached hydrogens (tertiary/aromatic N) is 1. The molecule has 0 bridgehead atoms. The third kappa shape index (κ3) is 1.95. The van der Waals surface area contributed by atoms with E-state index in [1.165, 1.54) is 0 Å². The minimum Gasteiger partial charge on any atom is -0.481 e. The summed E-state index contributed by atoms with van der Waals surface area (Å²) in [5.74, 6) is -0.876. The Labute approximate surface area is 92.9 Å². The van der Waals surface area contributed by atoms with E-state index in [1.807, 2.05) is 30.3 Å². The van der Waals surface area contributed by atoms with Crippen LogP contribution in [0.3, 0.4) is 0 Å². The number of carbonyl (C=O) groups is 1. The number of pyridine rings is 1. The molecule has 4 nitrogen and oxygen atoms in total. The van der Waals surface area contributed by atoms with E-state index in [9.17, 15) is 4.79 Å². The zero-order valence-electron chi connectivity index (χ0n) is 8.90. The topological polar surface area (TPSA) is 62.2 Å². The fourth-order valence-electron chi connectivity index (χ4n) is 1.65. The van der Waals surface area contributed by atoms with Gasteiger partial charge in [0.2, 0.25) is 0 Å². The highest BCUT2D eigenvalue weighted by Gasteiger charge is 2.09. The van der Waals surface area contributed by atoms with Crippen molar-refractivity contribution in [3.8, 4) is 0 Å². The number of carboxylic acid groups (broad SMARTS) is 1. The van der Waals surface area contributed by atoms with E-state index >= 15 is 0 Å². The van der Waals surface area contributed by atoms with E-state index in [1.54, 1.807) is 7.05 Å². The number of aliphatic carboxylic acids is 1. The van der Waals surface area contributed by atoms with Gasteiger partial charge in [0, 0.05) is 12.4 Å². The zero-order chi connectivity index (χ0) is 11.5. The Morgan fingerprint density at radius 1 is 1.44 bits per heavy atom. The van der Waals surface area contributed by atoms with Gasteiger partial charge >= 0.3 is 5.97 Å². The Bertz CT molecular complexity index is 538. The predicted octanol–water partition coefficient (Wildman–Crippen LogP) is 1.90. The molecule has 82 valence electrons. The Morgan fingerprint density at radius 2 is 2.19 bits per heavy atom. The number of nitrogens with one attached hydrogen (secondary N) is 1. The van der Waals surface area contributed by atoms with Gasteiger partial charge in [0.1, 0.15) is 0 Å². The predicted molar refractivity (Wildman–Crippen MR) is 62.6 cm³/mol. The molecule has 1 heterocycles. The van der Waals surface area contributed by atoms with Gasteiger partial charge in [-0.3, -0.25) is 9.78 Å². The van der Waals surface area contributed by atoms with Gasteiger partial charge in [-0.15, -0.1) is 0 Å². The van der Waals surface area contributed by atoms with Crippen molar-refractivity contribution in [1.29, 1.82) is 0 Å². The van der Waals surface area contributed by atoms with E-state index in [4.69, 9.17) is 5.11 Å². The summed E-state index contributed by atoms with van der Waals surface area (Å²) in [5.41, 5.74) is 2.15. The summed E-state index contributed by atoms with van der Waals surface area (Å²) >= 11 is 0. The van der Waals surface area contributed by atoms with Crippen molar-refractivity contribution < 1.29 is 9.90 Å². The van der Waals surface area contributed by atoms with Crippen LogP contribution in [0.25, 0.3) is 10.9 Å². The maximum absolute atomic E-state index is 10.7. The van der Waals surface area contributed by atoms with Crippen molar-refractivity contribution in [2.75, 3.05) is 12.4 Å². The van der Waals surface area contributed by atoms with Crippen LogP contribution < -0.4 is 5.32 Å². The molecule has 16 heavy (non-hydrogen) atoms. The summed E-state index contributed by atoms with van der Waals surface area (Å²) in [5, 5.41) is 12.8. The molecule has 4 heteroatoms. The number of hydrogen-bond acceptors (Lipinski definition) is 3. The number of benzene rings is 1. The minimum atomic E-state index is -0.876. The van der Waals surface area contributed by atoms with Crippen LogP contribution in [-0.4, -0.2) is 23.1 Å². The van der Waals surface area contributed by atoms with Gasteiger partial charge in [-0.05, 0) is 12.1 Å². The number of carboxylic acids is 1. The van der Waals surface area contributed by atoms with Crippen LogP contribution in [0, 0.1) is 0 Å². The first-order valence-corrected chi connectivity index (χ1v) is 4.99. The van der Waals surface area contributed by atoms with Crippen LogP contribution in [0.2, 0.25) is 0 Å². The van der Waals surface area contributed by atoms with Gasteiger partial charge in [-0.1, -0.05) is 18.2 Å². The van der Waals surface area contributed by atoms with Crippen LogP contribution >= 0.6 is 0 Å². The summed E-state index contributed by atoms with van der Waals surface area (Å²) < 4.78 is 0. The normalized spacial score (nSPS) is 10.3. The van der Waals surface area contributed by atoms with E-state index in [0.29, 0.717) is 5.69 Å². The maximum atomic E-state index is 10.7. The number of anilines is 1. The summed E-state index contributed by atoms with van der Waals surface area (Å²) in [6.07, 6.45) is -0.0684. The smallest absolute Gasteiger partial charge is 0.309 e. The molecule has 0 aliphatic heterocycles. The number of aromatic nitrogens is 1. The number of para-hydroxylation sites is 1. The third-order valence-corrected chi connectivity index (χ3v) is 2.39. The first-order chi connectivity index (χ1) is 7.70. The largest absolute Gasteiger partial charge is 0.481 e. The molecule has 0 saturated heterocycles. The molecule has 2 aromatic rings. The van der Waals surface area contributed by atoms with Crippen molar-refractivity contribution in [2.45, 2.75) is 6.42 Å². The summed E-state index contributed by atoms with van der Waals surface area (Å²) in [6, 6.07) is 9.56. The molecule has 0 unspecified atom stereocenters. The van der Waals surface area contributed by atoms with Crippen LogP contribution in [0.15, 0.2) is 30.3 Å². The van der Waals surface area contributed by atoms with Crippen molar-refractivity contribution in [1.82, 2.24) is 4.98 Å². The second kappa shape index (κ2) is 4.18. The molecule has 0 atom stereocenters. The van der Waals surface area contributed by atoms with Crippen molar-refractivity contribution in [2.24, 2.45) is 0 Å². The molecule has 1 aromatic heterocycles. The van der Waals surface area contributed by atoms with E-state index in [2.05, 4.69) is 10.3 Å². The molecule has 0 aliphatic rings. The number of fused-ring (bicyclic) bond motifs is 1. The third-order valence-electron chi connectivity index (χ3n) is 2.39. The Hall–Kier alpha value is -2.10. The minimum absolute atomic E-state index is 0.0684. The molecule has 0 radical (unpaired) electrons. The quantitative estimate of drug-likeness (QED) is 0.822. The maximum Gasteiger partial charge on any atom is 0.309 e. The summed E-state index contributed by atoms with van der Waals surface area (Å²) in [7, 11) is 1.76. The second-order valence-electron chi connectivity index (χ2n) is 3.50. The first-order valence-electron chi connectivity index (χ1n) is 4.99. The van der Waals surface area contributed by atoms with Gasteiger partial charge in [-0.25, -0.2) is 0 Å². The van der Waals surface area contributed by atoms with Gasteiger partial charge in [0.25, 0.3) is 0 Å². The average molecular weight is 216 g/mol. The molecule has 0 spiro atoms. The highest BCUT2D eigenvalue weighted by atomic mass is 16.4. The highest BCUT2D eigenvalue weighted by molar-refractivity contribution is 5.84. The lowest BCUT2D eigenvalue weighted by Gasteiger charge is -2.08. The lowest BCUT2D eigenvalue weighted by Crippen LogP contribution is -2.06. The van der Waals surface area contributed by atoms with Crippen molar-refractivity contribution in [3.63, 3.8) is 0 Å². The Morgan fingerprint density at radius 3 is 2.88 bits per heavy atom. The zero-order valence-corrected chi connectivity index (χ0v) is 8.90. The second-order valence-corrected chi connectivity index (χ2v) is 3.50. The highest BCUT2D eigenvalue weighted by Crippen LogP contribution is 2.20. The molecule has 2 N–H and O–H groups in total. The van der Waals surface area contributed by atoms with Crippen LogP contribution in [0.4, 0.5) is 5.69 Å². The van der Waals surface area contributed by atoms with E-state index in [0.717, 1.165) is 16.6 Å². The number of hydrogen-bond donors (Lipinski definition) is 2. The number of rotatable bonds is 3. The summed E-state index contributed by atoms with van der Waals surface area (Å²) in [4.78, 5) is 15.0. The molecule has 0 aliphatic carbocycles. The van der Waals surface area contributed by atoms with E-state index < -0.39 is 5.97 Å². The summed E-state index contributed by atoms with van der Waals surface area (Å²) in [6.45, 7) is 0. The standard InChI is InChI=1S/C12H12N2O2/c1-13-10-6-8-4-2-3-5-9(8)14-11(10)7-12(15)16/h2-6,13H,7H2,1H3,(H,15,16). The first kappa shape index (κ1) is 10.4. The average Bonchev–Trinajstić information content (AvgIpc) is 2.27. The molecule has 1 aromatic carbocycles. The molecule has 2 rings (SSSR count). The monoisotopic (exact) mass is 216 g/mol. The molecule has 0 fully saturated rings. The van der Waals surface area contributed by atoms with Gasteiger partial charge in [0.15, 0.2) is 0 Å². The molecular formula is C12H12N2O2. The van der Waals surface area contributed by atoms with E-state index in [-0.39, 0.29) is 6.42 Å². The van der Waals surface area contributed by atoms with Gasteiger partial charge in [0.05, 0.1) is 23.3 Å². The molecule has 0 saturated carbocycles.